The van der Waals surface area contributed by atoms with Gasteiger partial charge in [-0.15, -0.1) is 0 Å². The van der Waals surface area contributed by atoms with Crippen LogP contribution < -0.4 is 11.1 Å². The Balaban J connectivity index is 2.53. The highest BCUT2D eigenvalue weighted by atomic mass is 16.4. The molecule has 0 saturated heterocycles. The van der Waals surface area contributed by atoms with Crippen molar-refractivity contribution in [1.29, 1.82) is 0 Å². The highest BCUT2D eigenvalue weighted by molar-refractivity contribution is 5.76. The molecular formula is C16H30N2O3. The van der Waals surface area contributed by atoms with Crippen molar-refractivity contribution in [3.63, 3.8) is 0 Å². The molecule has 122 valence electrons. The fraction of sp³-hybridized carbons (Fsp3) is 0.875. The summed E-state index contributed by atoms with van der Waals surface area (Å²) in [5, 5.41) is 12.0. The number of carbonyl (C=O) groups excluding carboxylic acids is 1. The molecule has 0 heterocycles. The van der Waals surface area contributed by atoms with Crippen molar-refractivity contribution in [2.45, 2.75) is 71.8 Å². The fourth-order valence-corrected chi connectivity index (χ4v) is 2.90. The number of carboxylic acid groups (broad SMARTS) is 1. The second-order valence-corrected chi connectivity index (χ2v) is 7.58. The summed E-state index contributed by atoms with van der Waals surface area (Å²) in [6.45, 7) is 6.49. The van der Waals surface area contributed by atoms with Crippen LogP contribution in [0.5, 0.6) is 0 Å². The molecule has 0 spiro atoms. The zero-order chi connectivity index (χ0) is 16.1. The maximum Gasteiger partial charge on any atom is 0.303 e. The van der Waals surface area contributed by atoms with Crippen molar-refractivity contribution >= 4 is 11.9 Å². The molecule has 1 amide bonds. The minimum absolute atomic E-state index is 0.0761. The Morgan fingerprint density at radius 3 is 2.29 bits per heavy atom. The predicted molar refractivity (Wildman–Crippen MR) is 82.8 cm³/mol. The first-order valence-corrected chi connectivity index (χ1v) is 7.89. The van der Waals surface area contributed by atoms with Crippen LogP contribution in [-0.2, 0) is 9.59 Å². The van der Waals surface area contributed by atoms with Gasteiger partial charge in [-0.3, -0.25) is 9.59 Å². The lowest BCUT2D eigenvalue weighted by molar-refractivity contribution is -0.140. The van der Waals surface area contributed by atoms with Crippen LogP contribution in [-0.4, -0.2) is 29.6 Å². The summed E-state index contributed by atoms with van der Waals surface area (Å²) in [5.41, 5.74) is 5.64. The number of hydrogen-bond acceptors (Lipinski definition) is 3. The molecule has 0 aromatic heterocycles. The number of carboxylic acids is 1. The van der Waals surface area contributed by atoms with E-state index in [1.54, 1.807) is 0 Å². The molecule has 1 aliphatic rings. The van der Waals surface area contributed by atoms with Crippen LogP contribution in [0.1, 0.15) is 65.7 Å². The Bertz CT molecular complexity index is 368. The monoisotopic (exact) mass is 298 g/mol. The molecule has 1 unspecified atom stereocenters. The van der Waals surface area contributed by atoms with Crippen LogP contribution in [0.25, 0.3) is 0 Å². The van der Waals surface area contributed by atoms with Gasteiger partial charge in [0.15, 0.2) is 0 Å². The summed E-state index contributed by atoms with van der Waals surface area (Å²) in [6, 6.07) is -0.195. The van der Waals surface area contributed by atoms with Crippen molar-refractivity contribution in [2.75, 3.05) is 6.54 Å². The van der Waals surface area contributed by atoms with E-state index in [1.165, 1.54) is 0 Å². The number of rotatable bonds is 6. The van der Waals surface area contributed by atoms with Gasteiger partial charge in [-0.2, -0.15) is 0 Å². The van der Waals surface area contributed by atoms with E-state index in [0.717, 1.165) is 32.1 Å². The van der Waals surface area contributed by atoms with Crippen molar-refractivity contribution in [3.8, 4) is 0 Å². The molecular weight excluding hydrogens is 268 g/mol. The van der Waals surface area contributed by atoms with E-state index in [1.807, 2.05) is 20.8 Å². The standard InChI is InChI=1S/C16H30N2O3/c1-15(2,3)12(17)9-13(19)18-11-16(10-14(20)21)7-5-4-6-8-16/h12H,4-11,17H2,1-3H3,(H,18,19)(H,20,21). The average Bonchev–Trinajstić information content (AvgIpc) is 2.35. The average molecular weight is 298 g/mol. The molecule has 0 radical (unpaired) electrons. The molecule has 1 aliphatic carbocycles. The van der Waals surface area contributed by atoms with Crippen LogP contribution in [0.15, 0.2) is 0 Å². The van der Waals surface area contributed by atoms with Gasteiger partial charge in [0.05, 0.1) is 6.42 Å². The van der Waals surface area contributed by atoms with Crippen LogP contribution in [0.4, 0.5) is 0 Å². The van der Waals surface area contributed by atoms with Crippen molar-refractivity contribution in [3.05, 3.63) is 0 Å². The number of amides is 1. The molecule has 5 heteroatoms. The minimum Gasteiger partial charge on any atom is -0.481 e. The fourth-order valence-electron chi connectivity index (χ4n) is 2.90. The topological polar surface area (TPSA) is 92.4 Å². The Morgan fingerprint density at radius 2 is 1.81 bits per heavy atom. The van der Waals surface area contributed by atoms with E-state index in [2.05, 4.69) is 5.32 Å². The zero-order valence-corrected chi connectivity index (χ0v) is 13.6. The van der Waals surface area contributed by atoms with Gasteiger partial charge in [-0.25, -0.2) is 0 Å². The lowest BCUT2D eigenvalue weighted by Crippen LogP contribution is -2.44. The Kier molecular flexibility index (Phi) is 6.20. The molecule has 1 fully saturated rings. The summed E-state index contributed by atoms with van der Waals surface area (Å²) in [7, 11) is 0. The van der Waals surface area contributed by atoms with Gasteiger partial charge in [0.2, 0.25) is 5.91 Å². The molecule has 1 atom stereocenters. The molecule has 1 saturated carbocycles. The van der Waals surface area contributed by atoms with E-state index in [-0.39, 0.29) is 35.6 Å². The lowest BCUT2D eigenvalue weighted by Gasteiger charge is -2.36. The summed E-state index contributed by atoms with van der Waals surface area (Å²) < 4.78 is 0. The maximum absolute atomic E-state index is 12.0. The van der Waals surface area contributed by atoms with E-state index in [4.69, 9.17) is 10.8 Å². The third-order valence-electron chi connectivity index (χ3n) is 4.62. The highest BCUT2D eigenvalue weighted by Crippen LogP contribution is 2.38. The summed E-state index contributed by atoms with van der Waals surface area (Å²) in [5.74, 6) is -0.856. The van der Waals surface area contributed by atoms with Gasteiger partial charge in [0.1, 0.15) is 0 Å². The maximum atomic E-state index is 12.0. The SMILES string of the molecule is CC(C)(C)C(N)CC(=O)NCC1(CC(=O)O)CCCCC1. The smallest absolute Gasteiger partial charge is 0.303 e. The van der Waals surface area contributed by atoms with Crippen LogP contribution in [0.2, 0.25) is 0 Å². The second-order valence-electron chi connectivity index (χ2n) is 7.58. The highest BCUT2D eigenvalue weighted by Gasteiger charge is 2.35. The third kappa shape index (κ3) is 6.04. The normalized spacial score (nSPS) is 19.8. The second kappa shape index (κ2) is 7.25. The largest absolute Gasteiger partial charge is 0.481 e. The number of hydrogen-bond donors (Lipinski definition) is 3. The van der Waals surface area contributed by atoms with E-state index >= 15 is 0 Å². The summed E-state index contributed by atoms with van der Waals surface area (Å²) in [6.07, 6.45) is 5.43. The Morgan fingerprint density at radius 1 is 1.24 bits per heavy atom. The molecule has 0 aromatic carbocycles. The van der Waals surface area contributed by atoms with Crippen molar-refractivity contribution in [1.82, 2.24) is 5.32 Å². The van der Waals surface area contributed by atoms with Crippen molar-refractivity contribution in [2.24, 2.45) is 16.6 Å². The van der Waals surface area contributed by atoms with Gasteiger partial charge in [0.25, 0.3) is 0 Å². The number of aliphatic carboxylic acids is 1. The van der Waals surface area contributed by atoms with Gasteiger partial charge in [-0.05, 0) is 23.7 Å². The van der Waals surface area contributed by atoms with Crippen molar-refractivity contribution < 1.29 is 14.7 Å². The molecule has 5 nitrogen and oxygen atoms in total. The number of carbonyl (C=O) groups is 2. The van der Waals surface area contributed by atoms with E-state index in [9.17, 15) is 9.59 Å². The van der Waals surface area contributed by atoms with Gasteiger partial charge < -0.3 is 16.2 Å². The van der Waals surface area contributed by atoms with Gasteiger partial charge in [0, 0.05) is 19.0 Å². The van der Waals surface area contributed by atoms with E-state index < -0.39 is 5.97 Å². The molecule has 1 rings (SSSR count). The zero-order valence-electron chi connectivity index (χ0n) is 13.6. The van der Waals surface area contributed by atoms with Crippen LogP contribution in [0.3, 0.4) is 0 Å². The first-order valence-electron chi connectivity index (χ1n) is 7.89. The first-order chi connectivity index (χ1) is 9.65. The quantitative estimate of drug-likeness (QED) is 0.701. The number of nitrogens with two attached hydrogens (primary N) is 1. The molecule has 0 aromatic rings. The summed E-state index contributed by atoms with van der Waals surface area (Å²) in [4.78, 5) is 23.1. The molecule has 21 heavy (non-hydrogen) atoms. The third-order valence-corrected chi connectivity index (χ3v) is 4.62. The van der Waals surface area contributed by atoms with Gasteiger partial charge >= 0.3 is 5.97 Å². The van der Waals surface area contributed by atoms with E-state index in [0.29, 0.717) is 6.54 Å². The predicted octanol–water partition coefficient (Wildman–Crippen LogP) is 2.29. The minimum atomic E-state index is -0.780. The van der Waals surface area contributed by atoms with Gasteiger partial charge in [-0.1, -0.05) is 40.0 Å². The summed E-state index contributed by atoms with van der Waals surface area (Å²) >= 11 is 0. The Labute approximate surface area is 127 Å². The molecule has 4 N–H and O–H groups in total. The Hall–Kier alpha value is -1.10. The molecule has 0 bridgehead atoms. The molecule has 0 aliphatic heterocycles. The first kappa shape index (κ1) is 18.0. The van der Waals surface area contributed by atoms with Crippen LogP contribution >= 0.6 is 0 Å². The van der Waals surface area contributed by atoms with Crippen LogP contribution in [0, 0.1) is 10.8 Å². The lowest BCUT2D eigenvalue weighted by atomic mass is 9.71. The number of nitrogens with one attached hydrogen (secondary N) is 1.